The molecule has 0 bridgehead atoms. The standard InChI is InChI=1S/C17H19ClN2O4S/c1-4-24-14-11(6-5-7-12(14)18)8-13(21)19-10(3)16-20-9(2)15(25-16)17(22)23/h5-7,10H,4,8H2,1-3H3,(H,19,21)(H,22,23). The summed E-state index contributed by atoms with van der Waals surface area (Å²) in [6.07, 6.45) is 0.108. The fraction of sp³-hybridized carbons (Fsp3) is 0.353. The van der Waals surface area contributed by atoms with Gasteiger partial charge in [-0.25, -0.2) is 9.78 Å². The molecule has 0 radical (unpaired) electrons. The van der Waals surface area contributed by atoms with E-state index < -0.39 is 5.97 Å². The van der Waals surface area contributed by atoms with Crippen molar-refractivity contribution in [1.29, 1.82) is 0 Å². The van der Waals surface area contributed by atoms with Crippen molar-refractivity contribution >= 4 is 34.8 Å². The number of hydrogen-bond donors (Lipinski definition) is 2. The van der Waals surface area contributed by atoms with Gasteiger partial charge < -0.3 is 15.2 Å². The summed E-state index contributed by atoms with van der Waals surface area (Å²) in [6.45, 7) is 5.70. The van der Waals surface area contributed by atoms with E-state index in [-0.39, 0.29) is 23.2 Å². The number of halogens is 1. The number of carboxylic acid groups (broad SMARTS) is 1. The number of amides is 1. The quantitative estimate of drug-likeness (QED) is 0.763. The van der Waals surface area contributed by atoms with E-state index in [0.29, 0.717) is 33.6 Å². The second-order valence-corrected chi connectivity index (χ2v) is 6.84. The Bertz CT molecular complexity index is 791. The van der Waals surface area contributed by atoms with Gasteiger partial charge in [0.1, 0.15) is 15.6 Å². The molecule has 0 aliphatic heterocycles. The summed E-state index contributed by atoms with van der Waals surface area (Å²) in [7, 11) is 0. The van der Waals surface area contributed by atoms with Crippen LogP contribution in [0.4, 0.5) is 0 Å². The van der Waals surface area contributed by atoms with Gasteiger partial charge in [-0.1, -0.05) is 23.7 Å². The highest BCUT2D eigenvalue weighted by molar-refractivity contribution is 7.13. The van der Waals surface area contributed by atoms with E-state index >= 15 is 0 Å². The molecule has 1 unspecified atom stereocenters. The van der Waals surface area contributed by atoms with Crippen molar-refractivity contribution in [3.05, 3.63) is 44.4 Å². The minimum absolute atomic E-state index is 0.108. The number of hydrogen-bond acceptors (Lipinski definition) is 5. The van der Waals surface area contributed by atoms with Crippen molar-refractivity contribution in [2.75, 3.05) is 6.61 Å². The van der Waals surface area contributed by atoms with Crippen LogP contribution in [0.2, 0.25) is 5.02 Å². The fourth-order valence-corrected chi connectivity index (χ4v) is 3.48. The first-order valence-corrected chi connectivity index (χ1v) is 8.93. The van der Waals surface area contributed by atoms with E-state index in [1.807, 2.05) is 6.92 Å². The summed E-state index contributed by atoms with van der Waals surface area (Å²) in [5, 5.41) is 12.9. The predicted octanol–water partition coefficient (Wildman–Crippen LogP) is 3.62. The molecule has 1 aromatic carbocycles. The number of carboxylic acids is 1. The van der Waals surface area contributed by atoms with Crippen molar-refractivity contribution in [2.24, 2.45) is 0 Å². The minimum atomic E-state index is -1.01. The van der Waals surface area contributed by atoms with Crippen LogP contribution in [-0.2, 0) is 11.2 Å². The summed E-state index contributed by atoms with van der Waals surface area (Å²) in [4.78, 5) is 27.9. The molecule has 0 aliphatic carbocycles. The molecule has 0 aliphatic rings. The van der Waals surface area contributed by atoms with Crippen molar-refractivity contribution in [2.45, 2.75) is 33.2 Å². The largest absolute Gasteiger partial charge is 0.492 e. The van der Waals surface area contributed by atoms with E-state index in [1.165, 1.54) is 0 Å². The Labute approximate surface area is 154 Å². The lowest BCUT2D eigenvalue weighted by Gasteiger charge is -2.14. The second kappa shape index (κ2) is 8.31. The molecule has 0 saturated heterocycles. The Hall–Kier alpha value is -2.12. The van der Waals surface area contributed by atoms with Crippen LogP contribution in [0, 0.1) is 6.92 Å². The Morgan fingerprint density at radius 2 is 2.16 bits per heavy atom. The van der Waals surface area contributed by atoms with Crippen LogP contribution < -0.4 is 10.1 Å². The van der Waals surface area contributed by atoms with Crippen LogP contribution in [0.3, 0.4) is 0 Å². The van der Waals surface area contributed by atoms with Crippen LogP contribution >= 0.6 is 22.9 Å². The highest BCUT2D eigenvalue weighted by Gasteiger charge is 2.20. The summed E-state index contributed by atoms with van der Waals surface area (Å²) in [5.41, 5.74) is 1.14. The number of carbonyl (C=O) groups excluding carboxylic acids is 1. The first kappa shape index (κ1) is 19.2. The molecule has 1 aromatic heterocycles. The molecule has 134 valence electrons. The van der Waals surface area contributed by atoms with Crippen LogP contribution in [0.15, 0.2) is 18.2 Å². The van der Waals surface area contributed by atoms with E-state index in [1.54, 1.807) is 32.0 Å². The molecule has 1 heterocycles. The third-order valence-electron chi connectivity index (χ3n) is 3.44. The summed E-state index contributed by atoms with van der Waals surface area (Å²) in [6, 6.07) is 4.87. The van der Waals surface area contributed by atoms with Gasteiger partial charge in [0, 0.05) is 5.56 Å². The summed E-state index contributed by atoms with van der Waals surface area (Å²) in [5.74, 6) is -0.728. The highest BCUT2D eigenvalue weighted by Crippen LogP contribution is 2.29. The van der Waals surface area contributed by atoms with Gasteiger partial charge in [0.05, 0.1) is 29.8 Å². The van der Waals surface area contributed by atoms with E-state index in [2.05, 4.69) is 10.3 Å². The topological polar surface area (TPSA) is 88.5 Å². The first-order valence-electron chi connectivity index (χ1n) is 7.73. The molecule has 0 spiro atoms. The normalized spacial score (nSPS) is 11.8. The van der Waals surface area contributed by atoms with Crippen molar-refractivity contribution in [1.82, 2.24) is 10.3 Å². The Kier molecular flexibility index (Phi) is 6.39. The van der Waals surface area contributed by atoms with Gasteiger partial charge in [-0.15, -0.1) is 11.3 Å². The molecular formula is C17H19ClN2O4S. The van der Waals surface area contributed by atoms with Gasteiger partial charge >= 0.3 is 5.97 Å². The Balaban J connectivity index is 2.09. The molecule has 6 nitrogen and oxygen atoms in total. The zero-order valence-electron chi connectivity index (χ0n) is 14.1. The van der Waals surface area contributed by atoms with Crippen LogP contribution in [-0.4, -0.2) is 28.6 Å². The van der Waals surface area contributed by atoms with Gasteiger partial charge in [-0.2, -0.15) is 0 Å². The van der Waals surface area contributed by atoms with Gasteiger partial charge in [-0.3, -0.25) is 4.79 Å². The number of nitrogens with one attached hydrogen (secondary N) is 1. The van der Waals surface area contributed by atoms with Gasteiger partial charge in [0.2, 0.25) is 5.91 Å². The smallest absolute Gasteiger partial charge is 0.347 e. The zero-order valence-corrected chi connectivity index (χ0v) is 15.7. The summed E-state index contributed by atoms with van der Waals surface area (Å²) < 4.78 is 5.52. The second-order valence-electron chi connectivity index (χ2n) is 5.40. The lowest BCUT2D eigenvalue weighted by atomic mass is 10.1. The molecule has 8 heteroatoms. The zero-order chi connectivity index (χ0) is 18.6. The number of aryl methyl sites for hydroxylation is 1. The number of ether oxygens (including phenoxy) is 1. The van der Waals surface area contributed by atoms with E-state index in [0.717, 1.165) is 11.3 Å². The minimum Gasteiger partial charge on any atom is -0.492 e. The molecule has 25 heavy (non-hydrogen) atoms. The van der Waals surface area contributed by atoms with Crippen LogP contribution in [0.5, 0.6) is 5.75 Å². The average molecular weight is 383 g/mol. The maximum atomic E-state index is 12.3. The molecule has 1 amide bonds. The van der Waals surface area contributed by atoms with Crippen LogP contribution in [0.25, 0.3) is 0 Å². The monoisotopic (exact) mass is 382 g/mol. The van der Waals surface area contributed by atoms with Gasteiger partial charge in [0.15, 0.2) is 0 Å². The number of nitrogens with zero attached hydrogens (tertiary/aromatic N) is 1. The Morgan fingerprint density at radius 1 is 1.44 bits per heavy atom. The molecule has 0 fully saturated rings. The number of rotatable bonds is 7. The number of benzene rings is 1. The highest BCUT2D eigenvalue weighted by atomic mass is 35.5. The molecule has 2 N–H and O–H groups in total. The summed E-state index contributed by atoms with van der Waals surface area (Å²) >= 11 is 7.19. The lowest BCUT2D eigenvalue weighted by Crippen LogP contribution is -2.28. The molecule has 2 aromatic rings. The van der Waals surface area contributed by atoms with E-state index in [4.69, 9.17) is 21.4 Å². The molecule has 2 rings (SSSR count). The van der Waals surface area contributed by atoms with Crippen molar-refractivity contribution in [3.63, 3.8) is 0 Å². The number of thiazole rings is 1. The Morgan fingerprint density at radius 3 is 2.76 bits per heavy atom. The van der Waals surface area contributed by atoms with E-state index in [9.17, 15) is 9.59 Å². The average Bonchev–Trinajstić information content (AvgIpc) is 2.93. The third-order valence-corrected chi connectivity index (χ3v) is 5.07. The number of aromatic nitrogens is 1. The van der Waals surface area contributed by atoms with Gasteiger partial charge in [-0.05, 0) is 26.8 Å². The molecule has 1 atom stereocenters. The third kappa shape index (κ3) is 4.70. The first-order chi connectivity index (χ1) is 11.8. The molecule has 0 saturated carbocycles. The predicted molar refractivity (Wildman–Crippen MR) is 96.7 cm³/mol. The number of aromatic carboxylic acids is 1. The van der Waals surface area contributed by atoms with Crippen molar-refractivity contribution in [3.8, 4) is 5.75 Å². The maximum absolute atomic E-state index is 12.3. The maximum Gasteiger partial charge on any atom is 0.347 e. The molecular weight excluding hydrogens is 364 g/mol. The SMILES string of the molecule is CCOc1c(Cl)cccc1CC(=O)NC(C)c1nc(C)c(C(=O)O)s1. The number of para-hydroxylation sites is 1. The lowest BCUT2D eigenvalue weighted by molar-refractivity contribution is -0.121. The fourth-order valence-electron chi connectivity index (χ4n) is 2.33. The van der Waals surface area contributed by atoms with Crippen molar-refractivity contribution < 1.29 is 19.4 Å². The van der Waals surface area contributed by atoms with Gasteiger partial charge in [0.25, 0.3) is 0 Å². The number of carbonyl (C=O) groups is 2. The van der Waals surface area contributed by atoms with Crippen LogP contribution in [0.1, 0.15) is 45.8 Å².